The zero-order valence-corrected chi connectivity index (χ0v) is 12.3. The molecule has 1 aliphatic rings. The molecule has 0 atom stereocenters. The molecule has 5 nitrogen and oxygen atoms in total. The van der Waals surface area contributed by atoms with E-state index >= 15 is 0 Å². The number of carbonyl (C=O) groups is 1. The highest BCUT2D eigenvalue weighted by Gasteiger charge is 2.29. The van der Waals surface area contributed by atoms with Crippen LogP contribution in [0.2, 0.25) is 0 Å². The number of sulfonamides is 1. The maximum absolute atomic E-state index is 13.8. The Bertz CT molecular complexity index is 672. The van der Waals surface area contributed by atoms with Gasteiger partial charge in [0.1, 0.15) is 16.5 Å². The minimum Gasteiger partial charge on any atom is -0.339 e. The van der Waals surface area contributed by atoms with Crippen molar-refractivity contribution in [3.63, 3.8) is 0 Å². The molecule has 0 aliphatic heterocycles. The van der Waals surface area contributed by atoms with E-state index in [-0.39, 0.29) is 0 Å². The molecule has 0 bridgehead atoms. The number of carbonyl (C=O) groups excluding carboxylic acids is 1. The summed E-state index contributed by atoms with van der Waals surface area (Å²) in [7, 11) is -4.36. The lowest BCUT2D eigenvalue weighted by Gasteiger charge is -2.21. The van der Waals surface area contributed by atoms with Crippen molar-refractivity contribution in [3.05, 3.63) is 29.3 Å². The zero-order chi connectivity index (χ0) is 15.8. The fraction of sp³-hybridized carbons (Fsp3) is 0.462. The third-order valence-corrected chi connectivity index (χ3v) is 4.33. The van der Waals surface area contributed by atoms with Gasteiger partial charge in [-0.1, -0.05) is 0 Å². The van der Waals surface area contributed by atoms with Crippen molar-refractivity contribution in [2.45, 2.75) is 24.7 Å². The molecule has 1 aliphatic carbocycles. The van der Waals surface area contributed by atoms with Crippen LogP contribution in [0.25, 0.3) is 0 Å². The number of rotatable bonds is 5. The lowest BCUT2D eigenvalue weighted by atomic mass is 10.1. The van der Waals surface area contributed by atoms with E-state index in [0.717, 1.165) is 12.8 Å². The smallest absolute Gasteiger partial charge is 0.256 e. The molecule has 2 N–H and O–H groups in total. The fourth-order valence-corrected chi connectivity index (χ4v) is 2.66. The second kappa shape index (κ2) is 5.69. The molecule has 1 aromatic carbocycles. The maximum Gasteiger partial charge on any atom is 0.256 e. The summed E-state index contributed by atoms with van der Waals surface area (Å²) in [5.41, 5.74) is -0.483. The molecule has 0 radical (unpaired) electrons. The second-order valence-corrected chi connectivity index (χ2v) is 6.62. The Hall–Kier alpha value is -1.54. The average Bonchev–Trinajstić information content (AvgIpc) is 3.17. The Morgan fingerprint density at radius 1 is 1.33 bits per heavy atom. The van der Waals surface area contributed by atoms with Gasteiger partial charge in [-0.15, -0.1) is 0 Å². The minimum absolute atomic E-state index is 0.358. The van der Waals surface area contributed by atoms with Crippen LogP contribution >= 0.6 is 0 Å². The first-order valence-electron chi connectivity index (χ1n) is 6.55. The normalized spacial score (nSPS) is 15.0. The van der Waals surface area contributed by atoms with E-state index in [9.17, 15) is 22.0 Å². The van der Waals surface area contributed by atoms with E-state index in [1.165, 1.54) is 4.90 Å². The predicted octanol–water partition coefficient (Wildman–Crippen LogP) is 1.48. The van der Waals surface area contributed by atoms with Crippen molar-refractivity contribution in [2.75, 3.05) is 13.1 Å². The third kappa shape index (κ3) is 3.56. The van der Waals surface area contributed by atoms with Crippen molar-refractivity contribution in [3.8, 4) is 0 Å². The first-order valence-corrected chi connectivity index (χ1v) is 8.09. The van der Waals surface area contributed by atoms with Gasteiger partial charge in [0.05, 0.1) is 5.56 Å². The molecular formula is C13H16F2N2O3S. The predicted molar refractivity (Wildman–Crippen MR) is 72.0 cm³/mol. The highest BCUT2D eigenvalue weighted by atomic mass is 32.2. The number of primary sulfonamides is 1. The van der Waals surface area contributed by atoms with Crippen LogP contribution < -0.4 is 5.14 Å². The van der Waals surface area contributed by atoms with E-state index in [2.05, 4.69) is 0 Å². The Kier molecular flexibility index (Phi) is 4.29. The van der Waals surface area contributed by atoms with Crippen LogP contribution in [0, 0.1) is 17.6 Å². The number of halogens is 2. The van der Waals surface area contributed by atoms with Crippen molar-refractivity contribution < 1.29 is 22.0 Å². The fourth-order valence-electron chi connectivity index (χ4n) is 2.05. The quantitative estimate of drug-likeness (QED) is 0.893. The summed E-state index contributed by atoms with van der Waals surface area (Å²) in [6.07, 6.45) is 2.02. The van der Waals surface area contributed by atoms with Gasteiger partial charge in [0.2, 0.25) is 10.0 Å². The summed E-state index contributed by atoms with van der Waals surface area (Å²) in [6.45, 7) is 2.58. The summed E-state index contributed by atoms with van der Waals surface area (Å²) in [4.78, 5) is 12.8. The van der Waals surface area contributed by atoms with Gasteiger partial charge in [0.15, 0.2) is 0 Å². The minimum atomic E-state index is -4.36. The molecule has 0 spiro atoms. The molecule has 21 heavy (non-hydrogen) atoms. The van der Waals surface area contributed by atoms with E-state index in [1.54, 1.807) is 6.92 Å². The first kappa shape index (κ1) is 15.8. The molecule has 0 heterocycles. The summed E-state index contributed by atoms with van der Waals surface area (Å²) >= 11 is 0. The van der Waals surface area contributed by atoms with Gasteiger partial charge in [-0.05, 0) is 31.7 Å². The highest BCUT2D eigenvalue weighted by Crippen LogP contribution is 2.30. The zero-order valence-electron chi connectivity index (χ0n) is 11.5. The van der Waals surface area contributed by atoms with Crippen LogP contribution in [0.1, 0.15) is 30.1 Å². The largest absolute Gasteiger partial charge is 0.339 e. The highest BCUT2D eigenvalue weighted by molar-refractivity contribution is 7.89. The Morgan fingerprint density at radius 3 is 2.43 bits per heavy atom. The summed E-state index contributed by atoms with van der Waals surface area (Å²) < 4.78 is 49.8. The van der Waals surface area contributed by atoms with Crippen molar-refractivity contribution in [1.29, 1.82) is 0 Å². The Labute approximate surface area is 121 Å². The van der Waals surface area contributed by atoms with Crippen LogP contribution in [-0.4, -0.2) is 32.3 Å². The first-order chi connectivity index (χ1) is 9.74. The number of nitrogens with zero attached hydrogens (tertiary/aromatic N) is 1. The molecule has 2 rings (SSSR count). The topological polar surface area (TPSA) is 80.5 Å². The van der Waals surface area contributed by atoms with Gasteiger partial charge in [-0.25, -0.2) is 22.3 Å². The van der Waals surface area contributed by atoms with Crippen molar-refractivity contribution >= 4 is 15.9 Å². The van der Waals surface area contributed by atoms with E-state index in [0.29, 0.717) is 31.1 Å². The van der Waals surface area contributed by atoms with Crippen LogP contribution in [0.3, 0.4) is 0 Å². The van der Waals surface area contributed by atoms with Gasteiger partial charge < -0.3 is 4.90 Å². The van der Waals surface area contributed by atoms with Gasteiger partial charge in [-0.3, -0.25) is 4.79 Å². The molecule has 1 fully saturated rings. The maximum atomic E-state index is 13.8. The SMILES string of the molecule is CCN(CC1CC1)C(=O)c1cc(S(N)(=O)=O)c(F)cc1F. The van der Waals surface area contributed by atoms with Gasteiger partial charge >= 0.3 is 0 Å². The standard InChI is InChI=1S/C13H16F2N2O3S/c1-2-17(7-8-3-4-8)13(18)9-5-12(21(16,19)20)11(15)6-10(9)14/h5-6,8H,2-4,7H2,1H3,(H2,16,19,20). The molecule has 0 aromatic heterocycles. The molecule has 1 amide bonds. The summed E-state index contributed by atoms with van der Waals surface area (Å²) in [5, 5.41) is 4.86. The molecule has 1 aromatic rings. The van der Waals surface area contributed by atoms with Crippen LogP contribution in [0.15, 0.2) is 17.0 Å². The Balaban J connectivity index is 2.39. The molecular weight excluding hydrogens is 302 g/mol. The summed E-state index contributed by atoms with van der Waals surface area (Å²) in [6, 6.07) is 1.04. The number of benzene rings is 1. The van der Waals surface area contributed by atoms with E-state index in [1.807, 2.05) is 0 Å². The molecule has 116 valence electrons. The van der Waals surface area contributed by atoms with Gasteiger partial charge in [-0.2, -0.15) is 0 Å². The number of nitrogens with two attached hydrogens (primary N) is 1. The van der Waals surface area contributed by atoms with Gasteiger partial charge in [0.25, 0.3) is 5.91 Å². The molecule has 0 unspecified atom stereocenters. The van der Waals surface area contributed by atoms with Crippen molar-refractivity contribution in [2.24, 2.45) is 11.1 Å². The summed E-state index contributed by atoms with van der Waals surface area (Å²) in [5.74, 6) is -2.67. The van der Waals surface area contributed by atoms with E-state index in [4.69, 9.17) is 5.14 Å². The van der Waals surface area contributed by atoms with Crippen molar-refractivity contribution in [1.82, 2.24) is 4.90 Å². The van der Waals surface area contributed by atoms with Crippen LogP contribution in [-0.2, 0) is 10.0 Å². The van der Waals surface area contributed by atoms with Crippen LogP contribution in [0.5, 0.6) is 0 Å². The third-order valence-electron chi connectivity index (χ3n) is 3.40. The second-order valence-electron chi connectivity index (χ2n) is 5.09. The number of hydrogen-bond acceptors (Lipinski definition) is 3. The average molecular weight is 318 g/mol. The van der Waals surface area contributed by atoms with Crippen LogP contribution in [0.4, 0.5) is 8.78 Å². The lowest BCUT2D eigenvalue weighted by molar-refractivity contribution is 0.0751. The Morgan fingerprint density at radius 2 is 1.95 bits per heavy atom. The monoisotopic (exact) mass is 318 g/mol. The molecule has 1 saturated carbocycles. The van der Waals surface area contributed by atoms with Gasteiger partial charge in [0, 0.05) is 19.2 Å². The lowest BCUT2D eigenvalue weighted by Crippen LogP contribution is -2.33. The number of amides is 1. The molecule has 8 heteroatoms. The molecule has 0 saturated heterocycles. The number of hydrogen-bond donors (Lipinski definition) is 1. The van der Waals surface area contributed by atoms with E-state index < -0.39 is 38.0 Å².